The second-order valence-electron chi connectivity index (χ2n) is 6.94. The molecule has 3 aromatic rings. The van der Waals surface area contributed by atoms with Gasteiger partial charge in [-0.15, -0.1) is 0 Å². The minimum atomic E-state index is -0.149. The molecule has 0 radical (unpaired) electrons. The van der Waals surface area contributed by atoms with Crippen molar-refractivity contribution in [2.24, 2.45) is 0 Å². The molecule has 0 unspecified atom stereocenters. The third-order valence-electron chi connectivity index (χ3n) is 5.04. The van der Waals surface area contributed by atoms with Crippen LogP contribution in [0.3, 0.4) is 0 Å². The van der Waals surface area contributed by atoms with E-state index in [1.807, 2.05) is 36.4 Å². The van der Waals surface area contributed by atoms with E-state index in [0.29, 0.717) is 49.9 Å². The molecule has 0 N–H and O–H groups in total. The summed E-state index contributed by atoms with van der Waals surface area (Å²) < 4.78 is 12.1. The third-order valence-corrected chi connectivity index (χ3v) is 5.82. The normalized spacial score (nSPS) is 13.9. The molecule has 4 rings (SSSR count). The summed E-state index contributed by atoms with van der Waals surface area (Å²) >= 11 is 3.52. The molecule has 1 fully saturated rings. The molecular formula is C23H21BrN2O4. The zero-order valence-electron chi connectivity index (χ0n) is 16.3. The summed E-state index contributed by atoms with van der Waals surface area (Å²) in [5.74, 6) is 0.625. The summed E-state index contributed by atoms with van der Waals surface area (Å²) in [6.45, 7) is 2.21. The zero-order chi connectivity index (χ0) is 20.9. The lowest BCUT2D eigenvalue weighted by Crippen LogP contribution is -2.50. The Morgan fingerprint density at radius 1 is 0.867 bits per heavy atom. The molecule has 7 heteroatoms. The van der Waals surface area contributed by atoms with Gasteiger partial charge < -0.3 is 19.0 Å². The Morgan fingerprint density at radius 3 is 2.23 bits per heavy atom. The Bertz CT molecular complexity index is 1030. The summed E-state index contributed by atoms with van der Waals surface area (Å²) in [6, 6.07) is 18.4. The Morgan fingerprint density at radius 2 is 1.53 bits per heavy atom. The number of carbonyl (C=O) groups excluding carboxylic acids is 2. The van der Waals surface area contributed by atoms with Gasteiger partial charge in [-0.1, -0.05) is 46.3 Å². The van der Waals surface area contributed by atoms with Gasteiger partial charge in [-0.05, 0) is 30.3 Å². The molecule has 0 aliphatic carbocycles. The van der Waals surface area contributed by atoms with Crippen LogP contribution in [-0.2, 0) is 6.61 Å². The fraction of sp³-hybridized carbons (Fsp3) is 0.217. The number of carbonyl (C=O) groups is 2. The van der Waals surface area contributed by atoms with Gasteiger partial charge in [0.1, 0.15) is 12.4 Å². The van der Waals surface area contributed by atoms with Crippen LogP contribution in [0.25, 0.3) is 0 Å². The predicted octanol–water partition coefficient (Wildman–Crippen LogP) is 4.22. The van der Waals surface area contributed by atoms with E-state index in [4.69, 9.17) is 9.15 Å². The maximum atomic E-state index is 13.1. The number of amides is 2. The van der Waals surface area contributed by atoms with Gasteiger partial charge in [0.15, 0.2) is 5.76 Å². The highest BCUT2D eigenvalue weighted by molar-refractivity contribution is 9.10. The maximum absolute atomic E-state index is 13.1. The van der Waals surface area contributed by atoms with E-state index in [9.17, 15) is 9.59 Å². The molecule has 2 heterocycles. The van der Waals surface area contributed by atoms with Crippen molar-refractivity contribution < 1.29 is 18.7 Å². The van der Waals surface area contributed by atoms with Crippen molar-refractivity contribution >= 4 is 27.7 Å². The van der Waals surface area contributed by atoms with Gasteiger partial charge >= 0.3 is 0 Å². The molecule has 0 saturated carbocycles. The largest absolute Gasteiger partial charge is 0.488 e. The van der Waals surface area contributed by atoms with Gasteiger partial charge in [-0.3, -0.25) is 9.59 Å². The summed E-state index contributed by atoms with van der Waals surface area (Å²) in [4.78, 5) is 29.0. The second kappa shape index (κ2) is 9.17. The number of piperazine rings is 1. The first-order valence-corrected chi connectivity index (χ1v) is 10.5. The van der Waals surface area contributed by atoms with Gasteiger partial charge in [0.05, 0.1) is 11.8 Å². The average molecular weight is 469 g/mol. The van der Waals surface area contributed by atoms with E-state index in [2.05, 4.69) is 15.9 Å². The first-order valence-electron chi connectivity index (χ1n) is 9.71. The third kappa shape index (κ3) is 4.41. The highest BCUT2D eigenvalue weighted by atomic mass is 79.9. The van der Waals surface area contributed by atoms with Crippen LogP contribution >= 0.6 is 15.9 Å². The summed E-state index contributed by atoms with van der Waals surface area (Å²) in [5.41, 5.74) is 1.53. The molecule has 1 aliphatic rings. The molecule has 1 aliphatic heterocycles. The zero-order valence-corrected chi connectivity index (χ0v) is 17.9. The van der Waals surface area contributed by atoms with Crippen molar-refractivity contribution in [3.8, 4) is 5.75 Å². The number of hydrogen-bond acceptors (Lipinski definition) is 4. The average Bonchev–Trinajstić information content (AvgIpc) is 3.33. The number of nitrogens with zero attached hydrogens (tertiary/aromatic N) is 2. The van der Waals surface area contributed by atoms with Crippen LogP contribution in [0.1, 0.15) is 26.5 Å². The molecule has 2 amide bonds. The number of ether oxygens (including phenoxy) is 1. The van der Waals surface area contributed by atoms with Crippen molar-refractivity contribution in [2.45, 2.75) is 6.61 Å². The van der Waals surface area contributed by atoms with E-state index in [0.717, 1.165) is 10.0 Å². The van der Waals surface area contributed by atoms with Crippen LogP contribution in [0.5, 0.6) is 5.75 Å². The molecule has 154 valence electrons. The van der Waals surface area contributed by atoms with E-state index >= 15 is 0 Å². The molecule has 0 bridgehead atoms. The van der Waals surface area contributed by atoms with Crippen LogP contribution in [0.4, 0.5) is 0 Å². The Labute approximate surface area is 183 Å². The number of para-hydroxylation sites is 1. The molecule has 1 aromatic heterocycles. The van der Waals surface area contributed by atoms with Gasteiger partial charge in [-0.25, -0.2) is 0 Å². The van der Waals surface area contributed by atoms with Crippen molar-refractivity contribution in [1.82, 2.24) is 9.80 Å². The Hall–Kier alpha value is -3.06. The fourth-order valence-electron chi connectivity index (χ4n) is 3.38. The van der Waals surface area contributed by atoms with Gasteiger partial charge in [0.2, 0.25) is 0 Å². The molecular weight excluding hydrogens is 448 g/mol. The van der Waals surface area contributed by atoms with E-state index in [-0.39, 0.29) is 11.8 Å². The Balaban J connectivity index is 1.40. The smallest absolute Gasteiger partial charge is 0.289 e. The van der Waals surface area contributed by atoms with Crippen molar-refractivity contribution in [3.05, 3.63) is 88.3 Å². The van der Waals surface area contributed by atoms with Crippen molar-refractivity contribution in [1.29, 1.82) is 0 Å². The van der Waals surface area contributed by atoms with Crippen LogP contribution in [-0.4, -0.2) is 47.8 Å². The topological polar surface area (TPSA) is 63.0 Å². The highest BCUT2D eigenvalue weighted by Gasteiger charge is 2.27. The predicted molar refractivity (Wildman–Crippen MR) is 115 cm³/mol. The lowest BCUT2D eigenvalue weighted by Gasteiger charge is -2.34. The van der Waals surface area contributed by atoms with Crippen LogP contribution < -0.4 is 4.74 Å². The SMILES string of the molecule is O=C(c1ccco1)N1CCN(C(=O)c2ccccc2OCc2ccccc2Br)CC1. The second-order valence-corrected chi connectivity index (χ2v) is 7.79. The first kappa shape index (κ1) is 20.2. The summed E-state index contributed by atoms with van der Waals surface area (Å²) in [5, 5.41) is 0. The highest BCUT2D eigenvalue weighted by Crippen LogP contribution is 2.24. The maximum Gasteiger partial charge on any atom is 0.289 e. The monoisotopic (exact) mass is 468 g/mol. The van der Waals surface area contributed by atoms with Gasteiger partial charge in [0, 0.05) is 36.2 Å². The number of rotatable bonds is 5. The minimum Gasteiger partial charge on any atom is -0.488 e. The van der Waals surface area contributed by atoms with E-state index in [1.54, 1.807) is 34.1 Å². The van der Waals surface area contributed by atoms with Crippen molar-refractivity contribution in [3.63, 3.8) is 0 Å². The lowest BCUT2D eigenvalue weighted by atomic mass is 10.1. The number of furan rings is 1. The van der Waals surface area contributed by atoms with Gasteiger partial charge in [-0.2, -0.15) is 0 Å². The van der Waals surface area contributed by atoms with E-state index < -0.39 is 0 Å². The van der Waals surface area contributed by atoms with Crippen LogP contribution in [0, 0.1) is 0 Å². The van der Waals surface area contributed by atoms with E-state index in [1.165, 1.54) is 6.26 Å². The molecule has 0 spiro atoms. The quantitative estimate of drug-likeness (QED) is 0.562. The number of benzene rings is 2. The van der Waals surface area contributed by atoms with Crippen LogP contribution in [0.2, 0.25) is 0 Å². The summed E-state index contributed by atoms with van der Waals surface area (Å²) in [7, 11) is 0. The standard InChI is InChI=1S/C23H21BrN2O4/c24-19-8-3-1-6-17(19)16-30-20-9-4-2-7-18(20)22(27)25-11-13-26(14-12-25)23(28)21-10-5-15-29-21/h1-10,15H,11-14,16H2. The molecule has 2 aromatic carbocycles. The van der Waals surface area contributed by atoms with Crippen molar-refractivity contribution in [2.75, 3.05) is 26.2 Å². The fourth-order valence-corrected chi connectivity index (χ4v) is 3.78. The lowest BCUT2D eigenvalue weighted by molar-refractivity contribution is 0.0515. The number of hydrogen-bond donors (Lipinski definition) is 0. The number of halogens is 1. The van der Waals surface area contributed by atoms with Gasteiger partial charge in [0.25, 0.3) is 11.8 Å². The summed E-state index contributed by atoms with van der Waals surface area (Å²) in [6.07, 6.45) is 1.48. The molecule has 1 saturated heterocycles. The molecule has 0 atom stereocenters. The Kier molecular flexibility index (Phi) is 6.18. The minimum absolute atomic E-state index is 0.0946. The first-order chi connectivity index (χ1) is 14.6. The molecule has 6 nitrogen and oxygen atoms in total. The molecule has 30 heavy (non-hydrogen) atoms. The van der Waals surface area contributed by atoms with Crippen LogP contribution in [0.15, 0.2) is 75.8 Å².